The Balaban J connectivity index is 0.000000364. The van der Waals surface area contributed by atoms with E-state index in [2.05, 4.69) is 0 Å². The molecule has 0 atom stereocenters. The van der Waals surface area contributed by atoms with Gasteiger partial charge in [0.1, 0.15) is 11.1 Å². The second kappa shape index (κ2) is 13.7. The number of carbonyl (C=O) groups is 3. The van der Waals surface area contributed by atoms with Crippen LogP contribution in [0, 0.1) is 20.2 Å². The average Bonchev–Trinajstić information content (AvgIpc) is 2.87. The Morgan fingerprint density at radius 2 is 1.14 bits per heavy atom. The summed E-state index contributed by atoms with van der Waals surface area (Å²) in [6.07, 6.45) is 0. The summed E-state index contributed by atoms with van der Waals surface area (Å²) in [4.78, 5) is 53.3. The number of hydrogen-bond acceptors (Lipinski definition) is 11. The number of benzene rings is 3. The fourth-order valence-electron chi connectivity index (χ4n) is 2.64. The van der Waals surface area contributed by atoms with Crippen LogP contribution in [0.5, 0.6) is 0 Å². The number of carboxylic acid groups (broad SMARTS) is 3. The number of nitro groups is 2. The van der Waals surface area contributed by atoms with Gasteiger partial charge in [0.05, 0.1) is 9.85 Å². The van der Waals surface area contributed by atoms with E-state index in [0.717, 1.165) is 48.9 Å². The van der Waals surface area contributed by atoms with Gasteiger partial charge in [-0.05, 0) is 24.3 Å². The van der Waals surface area contributed by atoms with Gasteiger partial charge < -0.3 is 10.2 Å². The number of carboxylic acids is 3. The van der Waals surface area contributed by atoms with E-state index in [4.69, 9.17) is 13.2 Å². The van der Waals surface area contributed by atoms with Crippen molar-refractivity contribution in [2.45, 2.75) is 9.79 Å². The van der Waals surface area contributed by atoms with Crippen molar-refractivity contribution >= 4 is 53.9 Å². The van der Waals surface area contributed by atoms with Gasteiger partial charge in [-0.1, -0.05) is 21.6 Å². The topological polar surface area (TPSA) is 221 Å². The number of nitrogens with zero attached hydrogens (tertiary/aromatic N) is 2. The van der Waals surface area contributed by atoms with Crippen LogP contribution in [0.15, 0.2) is 70.5 Å². The third-order valence-electron chi connectivity index (χ3n) is 4.40. The number of aromatic carboxylic acids is 3. The molecule has 188 valence electrons. The SMILES string of the molecule is O=C(O)c1cc(SSc2ccc([N+](=O)[O-])c(C(=O)O)c2)ccc1[N+](=O)[O-].O=C([O-])c1cc[c]([Hg][OH])cc1. The zero-order valence-electron chi connectivity index (χ0n) is 18.3. The molecular formula is C21H13HgN2O11S2-. The Labute approximate surface area is 227 Å². The normalized spacial score (nSPS) is 9.86. The van der Waals surface area contributed by atoms with Gasteiger partial charge in [0, 0.05) is 21.9 Å². The summed E-state index contributed by atoms with van der Waals surface area (Å²) in [6, 6.07) is 13.3. The van der Waals surface area contributed by atoms with Crippen molar-refractivity contribution in [2.24, 2.45) is 0 Å². The number of rotatable bonds is 9. The molecule has 0 aliphatic heterocycles. The summed E-state index contributed by atoms with van der Waals surface area (Å²) in [7, 11) is 2.06. The van der Waals surface area contributed by atoms with E-state index in [9.17, 15) is 39.7 Å². The maximum absolute atomic E-state index is 11.1. The minimum atomic E-state index is -1.81. The zero-order chi connectivity index (χ0) is 27.7. The first-order chi connectivity index (χ1) is 17.4. The predicted octanol–water partition coefficient (Wildman–Crippen LogP) is 2.36. The summed E-state index contributed by atoms with van der Waals surface area (Å²) >= 11 is -1.81. The van der Waals surface area contributed by atoms with Crippen LogP contribution in [0.2, 0.25) is 0 Å². The predicted molar refractivity (Wildman–Crippen MR) is 124 cm³/mol. The molecular weight excluding hydrogens is 721 g/mol. The number of hydrogen-bond donors (Lipinski definition) is 3. The molecule has 37 heavy (non-hydrogen) atoms. The Morgan fingerprint density at radius 1 is 0.730 bits per heavy atom. The molecule has 0 spiro atoms. The van der Waals surface area contributed by atoms with Gasteiger partial charge in [0.2, 0.25) is 0 Å². The maximum atomic E-state index is 11.1. The second-order valence-electron chi connectivity index (χ2n) is 6.79. The van der Waals surface area contributed by atoms with E-state index in [1.165, 1.54) is 24.3 Å². The molecule has 3 N–H and O–H groups in total. The summed E-state index contributed by atoms with van der Waals surface area (Å²) in [5.41, 5.74) is -1.88. The number of carbonyl (C=O) groups excluding carboxylic acids is 1. The molecule has 0 aliphatic carbocycles. The van der Waals surface area contributed by atoms with Crippen LogP contribution in [-0.2, 0) is 25.0 Å². The van der Waals surface area contributed by atoms with Crippen molar-refractivity contribution in [1.29, 1.82) is 0 Å². The monoisotopic (exact) mass is 735 g/mol. The van der Waals surface area contributed by atoms with Crippen molar-refractivity contribution in [3.63, 3.8) is 0 Å². The number of nitro benzene ring substituents is 2. The third kappa shape index (κ3) is 8.52. The van der Waals surface area contributed by atoms with Crippen molar-refractivity contribution in [3.8, 4) is 0 Å². The standard InChI is InChI=1S/C14H8N2O8S2.C7H5O2.Hg.H2O/c17-13(18)9-5-7(1-3-11(9)15(21)22)25-26-8-2-4-12(16(23)24)10(6-8)14(19)20;8-7(9)6-4-2-1-3-5-6;;/h1-6H,(H,17,18)(H,19,20);2-5H,(H,8,9);;1H2/q;;+1;/p-2. The van der Waals surface area contributed by atoms with Gasteiger partial charge in [0.15, 0.2) is 0 Å². The molecule has 0 unspecified atom stereocenters. The van der Waals surface area contributed by atoms with E-state index in [1.807, 2.05) is 0 Å². The molecule has 0 bridgehead atoms. The summed E-state index contributed by atoms with van der Waals surface area (Å²) in [5.74, 6) is -4.08. The fourth-order valence-corrected chi connectivity index (χ4v) is 6.34. The van der Waals surface area contributed by atoms with Gasteiger partial charge >= 0.3 is 88.8 Å². The molecule has 13 nitrogen and oxygen atoms in total. The van der Waals surface area contributed by atoms with Gasteiger partial charge in [-0.25, -0.2) is 9.59 Å². The molecule has 16 heteroatoms. The molecule has 0 aliphatic rings. The van der Waals surface area contributed by atoms with E-state index < -0.39 is 75.3 Å². The summed E-state index contributed by atoms with van der Waals surface area (Å²) in [6.45, 7) is 0. The molecule has 0 fully saturated rings. The molecule has 0 heterocycles. The van der Waals surface area contributed by atoms with Crippen LogP contribution in [0.25, 0.3) is 0 Å². The van der Waals surface area contributed by atoms with Crippen LogP contribution in [-0.4, -0.2) is 41.0 Å². The molecule has 3 rings (SSSR count). The molecule has 0 aromatic heterocycles. The first kappa shape index (κ1) is 29.7. The van der Waals surface area contributed by atoms with Crippen molar-refractivity contribution in [2.75, 3.05) is 0 Å². The van der Waals surface area contributed by atoms with Gasteiger partial charge in [0.25, 0.3) is 11.4 Å². The minimum absolute atomic E-state index is 0.163. The van der Waals surface area contributed by atoms with Crippen LogP contribution < -0.4 is 8.18 Å². The van der Waals surface area contributed by atoms with Gasteiger partial charge in [-0.2, -0.15) is 0 Å². The van der Waals surface area contributed by atoms with Crippen LogP contribution >= 0.6 is 21.6 Å². The van der Waals surface area contributed by atoms with Crippen molar-refractivity contribution < 1.29 is 67.6 Å². The summed E-state index contributed by atoms with van der Waals surface area (Å²) < 4.78 is 9.74. The van der Waals surface area contributed by atoms with Crippen molar-refractivity contribution in [1.82, 2.24) is 0 Å². The molecule has 3 aromatic rings. The Kier molecular flexibility index (Phi) is 11.0. The zero-order valence-corrected chi connectivity index (χ0v) is 25.4. The Hall–Kier alpha value is -3.53. The van der Waals surface area contributed by atoms with E-state index in [1.54, 1.807) is 12.1 Å². The molecule has 0 saturated heterocycles. The van der Waals surface area contributed by atoms with Crippen LogP contribution in [0.3, 0.4) is 0 Å². The van der Waals surface area contributed by atoms with Crippen LogP contribution in [0.4, 0.5) is 11.4 Å². The van der Waals surface area contributed by atoms with E-state index >= 15 is 0 Å². The van der Waals surface area contributed by atoms with Crippen LogP contribution in [0.1, 0.15) is 31.1 Å². The van der Waals surface area contributed by atoms with E-state index in [0.29, 0.717) is 9.79 Å². The first-order valence-electron chi connectivity index (χ1n) is 9.73. The quantitative estimate of drug-likeness (QED) is 0.125. The molecule has 0 amide bonds. The Bertz CT molecular complexity index is 1290. The van der Waals surface area contributed by atoms with Gasteiger partial charge in [-0.15, -0.1) is 0 Å². The molecule has 0 radical (unpaired) electrons. The average molecular weight is 734 g/mol. The Morgan fingerprint density at radius 3 is 1.43 bits per heavy atom. The van der Waals surface area contributed by atoms with Crippen molar-refractivity contribution in [3.05, 3.63) is 97.6 Å². The molecule has 0 saturated carbocycles. The van der Waals surface area contributed by atoms with Gasteiger partial charge in [-0.3, -0.25) is 20.2 Å². The van der Waals surface area contributed by atoms with E-state index in [-0.39, 0.29) is 5.56 Å². The fraction of sp³-hybridized carbons (Fsp3) is 0. The first-order valence-corrected chi connectivity index (χ1v) is 17.1. The summed E-state index contributed by atoms with van der Waals surface area (Å²) in [5, 5.41) is 50.0. The second-order valence-corrected chi connectivity index (χ2v) is 13.5. The third-order valence-corrected chi connectivity index (χ3v) is 10.0. The molecule has 3 aromatic carbocycles.